The lowest BCUT2D eigenvalue weighted by Gasteiger charge is -2.40. The Morgan fingerprint density at radius 2 is 1.95 bits per heavy atom. The number of unbranched alkanes of at least 4 members (excludes halogenated alkanes) is 2. The summed E-state index contributed by atoms with van der Waals surface area (Å²) in [5.41, 5.74) is 0.677. The zero-order chi connectivity index (χ0) is 28.2. The molecular formula is C30H40N2O6S. The number of allylic oxidation sites excluding steroid dienone is 1. The Kier molecular flexibility index (Phi) is 9.43. The van der Waals surface area contributed by atoms with Gasteiger partial charge in [0.05, 0.1) is 30.3 Å². The highest BCUT2D eigenvalue weighted by molar-refractivity contribution is 8.02. The number of hydrogen-bond acceptors (Lipinski definition) is 7. The van der Waals surface area contributed by atoms with Gasteiger partial charge < -0.3 is 24.4 Å². The van der Waals surface area contributed by atoms with Crippen molar-refractivity contribution < 1.29 is 29.0 Å². The van der Waals surface area contributed by atoms with Crippen LogP contribution in [0.4, 0.5) is 5.69 Å². The Hall–Kier alpha value is -2.78. The number of aliphatic hydroxyl groups is 1. The number of benzene rings is 1. The molecule has 3 aliphatic rings. The Labute approximate surface area is 235 Å². The molecule has 1 aromatic rings. The van der Waals surface area contributed by atoms with E-state index in [1.807, 2.05) is 18.2 Å². The van der Waals surface area contributed by atoms with Gasteiger partial charge in [-0.15, -0.1) is 24.9 Å². The monoisotopic (exact) mass is 556 g/mol. The van der Waals surface area contributed by atoms with Crippen molar-refractivity contribution in [1.29, 1.82) is 0 Å². The molecule has 3 unspecified atom stereocenters. The third-order valence-electron chi connectivity index (χ3n) is 8.32. The van der Waals surface area contributed by atoms with Crippen molar-refractivity contribution >= 4 is 35.2 Å². The van der Waals surface area contributed by atoms with Gasteiger partial charge in [0.1, 0.15) is 11.8 Å². The van der Waals surface area contributed by atoms with Crippen LogP contribution in [0.2, 0.25) is 0 Å². The van der Waals surface area contributed by atoms with E-state index in [9.17, 15) is 19.5 Å². The van der Waals surface area contributed by atoms with Crippen molar-refractivity contribution in [2.75, 3.05) is 38.3 Å². The van der Waals surface area contributed by atoms with Crippen molar-refractivity contribution in [1.82, 2.24) is 4.90 Å². The standard InChI is InChI=1S/C30H40N2O6S/c1-5-7-8-9-18-38-29(36)24-23-19-20(3)30(39-23)25(24)27(34)32(16-10-17-33)26(30)28(35)31(15-6-2)21-11-13-22(37-4)14-12-21/h5-6,11-14,20,23-26,33H,1-2,7-10,15-19H2,3-4H3/t20?,23-,24+,25+,26?,30?/m1/s1. The van der Waals surface area contributed by atoms with Crippen molar-refractivity contribution in [2.45, 2.75) is 55.1 Å². The predicted molar refractivity (Wildman–Crippen MR) is 153 cm³/mol. The van der Waals surface area contributed by atoms with Gasteiger partial charge in [-0.2, -0.15) is 0 Å². The van der Waals surface area contributed by atoms with Crippen LogP contribution in [-0.4, -0.2) is 77.2 Å². The molecule has 6 atom stereocenters. The molecule has 1 N–H and O–H groups in total. The molecule has 212 valence electrons. The van der Waals surface area contributed by atoms with E-state index in [2.05, 4.69) is 20.1 Å². The molecule has 0 saturated carbocycles. The lowest BCUT2D eigenvalue weighted by molar-refractivity contribution is -0.154. The average Bonchev–Trinajstić information content (AvgIpc) is 3.53. The molecule has 0 aliphatic carbocycles. The van der Waals surface area contributed by atoms with Crippen LogP contribution in [0, 0.1) is 17.8 Å². The van der Waals surface area contributed by atoms with Crippen molar-refractivity contribution in [2.24, 2.45) is 17.8 Å². The van der Waals surface area contributed by atoms with Crippen molar-refractivity contribution in [3.8, 4) is 5.75 Å². The number of esters is 1. The van der Waals surface area contributed by atoms with Crippen LogP contribution < -0.4 is 9.64 Å². The Morgan fingerprint density at radius 1 is 1.21 bits per heavy atom. The number of aliphatic hydroxyl groups excluding tert-OH is 1. The molecule has 1 aromatic carbocycles. The molecule has 2 bridgehead atoms. The minimum Gasteiger partial charge on any atom is -0.497 e. The number of nitrogens with zero attached hydrogens (tertiary/aromatic N) is 2. The highest BCUT2D eigenvalue weighted by Gasteiger charge is 2.76. The van der Waals surface area contributed by atoms with E-state index in [0.29, 0.717) is 24.5 Å². The number of carbonyl (C=O) groups excluding carboxylic acids is 3. The van der Waals surface area contributed by atoms with Crippen LogP contribution in [0.25, 0.3) is 0 Å². The van der Waals surface area contributed by atoms with Crippen LogP contribution in [0.15, 0.2) is 49.6 Å². The van der Waals surface area contributed by atoms with Gasteiger partial charge in [0.25, 0.3) is 5.91 Å². The summed E-state index contributed by atoms with van der Waals surface area (Å²) >= 11 is 1.62. The number of thioether (sulfide) groups is 1. The molecule has 39 heavy (non-hydrogen) atoms. The first kappa shape index (κ1) is 29.2. The number of methoxy groups -OCH3 is 1. The smallest absolute Gasteiger partial charge is 0.310 e. The molecule has 3 heterocycles. The van der Waals surface area contributed by atoms with E-state index in [1.165, 1.54) is 0 Å². The number of carbonyl (C=O) groups is 3. The molecule has 0 aromatic heterocycles. The van der Waals surface area contributed by atoms with Crippen LogP contribution in [0.1, 0.15) is 39.0 Å². The van der Waals surface area contributed by atoms with Gasteiger partial charge in [0, 0.05) is 30.6 Å². The average molecular weight is 557 g/mol. The maximum absolute atomic E-state index is 14.5. The Bertz CT molecular complexity index is 1080. The maximum Gasteiger partial charge on any atom is 0.310 e. The second-order valence-electron chi connectivity index (χ2n) is 10.5. The largest absolute Gasteiger partial charge is 0.497 e. The fourth-order valence-electron chi connectivity index (χ4n) is 6.57. The molecule has 8 nitrogen and oxygen atoms in total. The van der Waals surface area contributed by atoms with E-state index < -0.39 is 22.6 Å². The van der Waals surface area contributed by atoms with Crippen molar-refractivity contribution in [3.63, 3.8) is 0 Å². The highest BCUT2D eigenvalue weighted by Crippen LogP contribution is 2.68. The Morgan fingerprint density at radius 3 is 2.59 bits per heavy atom. The number of amides is 2. The minimum atomic E-state index is -0.765. The molecule has 3 aliphatic heterocycles. The van der Waals surface area contributed by atoms with E-state index in [1.54, 1.807) is 46.9 Å². The second-order valence-corrected chi connectivity index (χ2v) is 12.1. The quantitative estimate of drug-likeness (QED) is 0.211. The number of anilines is 1. The molecule has 9 heteroatoms. The van der Waals surface area contributed by atoms with Gasteiger partial charge >= 0.3 is 5.97 Å². The first-order valence-corrected chi connectivity index (χ1v) is 14.7. The first-order chi connectivity index (χ1) is 18.8. The zero-order valence-electron chi connectivity index (χ0n) is 22.9. The SMILES string of the molecule is C=CCCCCOC(=O)[C@@H]1[C@H]2C(=O)N(CCCO)C(C(=O)N(CC=C)c3ccc(OC)cc3)C23S[C@@H]1CC3C. The summed E-state index contributed by atoms with van der Waals surface area (Å²) in [4.78, 5) is 45.2. The molecule has 3 fully saturated rings. The van der Waals surface area contributed by atoms with Gasteiger partial charge in [-0.05, 0) is 62.3 Å². The molecule has 1 spiro atoms. The third kappa shape index (κ3) is 5.23. The summed E-state index contributed by atoms with van der Waals surface area (Å²) in [6.07, 6.45) is 7.09. The predicted octanol–water partition coefficient (Wildman–Crippen LogP) is 3.83. The van der Waals surface area contributed by atoms with Gasteiger partial charge in [-0.1, -0.05) is 19.1 Å². The van der Waals surface area contributed by atoms with Crippen LogP contribution in [0.3, 0.4) is 0 Å². The van der Waals surface area contributed by atoms with Gasteiger partial charge in [0.15, 0.2) is 0 Å². The molecule has 3 saturated heterocycles. The lowest BCUT2D eigenvalue weighted by atomic mass is 9.66. The lowest BCUT2D eigenvalue weighted by Crippen LogP contribution is -2.57. The summed E-state index contributed by atoms with van der Waals surface area (Å²) in [6, 6.07) is 6.46. The first-order valence-electron chi connectivity index (χ1n) is 13.8. The van der Waals surface area contributed by atoms with Gasteiger partial charge in [-0.3, -0.25) is 14.4 Å². The number of fused-ring (bicyclic) bond motifs is 1. The number of hydrogen-bond donors (Lipinski definition) is 1. The summed E-state index contributed by atoms with van der Waals surface area (Å²) in [5.74, 6) is -1.22. The number of rotatable bonds is 14. The molecular weight excluding hydrogens is 516 g/mol. The number of likely N-dealkylation sites (tertiary alicyclic amines) is 1. The van der Waals surface area contributed by atoms with Gasteiger partial charge in [0.2, 0.25) is 5.91 Å². The van der Waals surface area contributed by atoms with E-state index in [0.717, 1.165) is 25.7 Å². The van der Waals surface area contributed by atoms with Gasteiger partial charge in [-0.25, -0.2) is 0 Å². The molecule has 2 amide bonds. The number of ether oxygens (including phenoxy) is 2. The summed E-state index contributed by atoms with van der Waals surface area (Å²) in [7, 11) is 1.59. The highest BCUT2D eigenvalue weighted by atomic mass is 32.2. The third-order valence-corrected chi connectivity index (χ3v) is 10.4. The van der Waals surface area contributed by atoms with E-state index in [-0.39, 0.29) is 48.6 Å². The zero-order valence-corrected chi connectivity index (χ0v) is 23.7. The summed E-state index contributed by atoms with van der Waals surface area (Å²) in [5, 5.41) is 9.53. The fraction of sp³-hybridized carbons (Fsp3) is 0.567. The van der Waals surface area contributed by atoms with Crippen LogP contribution in [0.5, 0.6) is 5.75 Å². The van der Waals surface area contributed by atoms with Crippen molar-refractivity contribution in [3.05, 3.63) is 49.6 Å². The minimum absolute atomic E-state index is 0.0487. The fourth-order valence-corrected chi connectivity index (χ4v) is 8.97. The van der Waals surface area contributed by atoms with Crippen LogP contribution >= 0.6 is 11.8 Å². The second kappa shape index (κ2) is 12.6. The summed E-state index contributed by atoms with van der Waals surface area (Å²) < 4.78 is 10.2. The van der Waals surface area contributed by atoms with Crippen LogP contribution in [-0.2, 0) is 19.1 Å². The van der Waals surface area contributed by atoms with E-state index in [4.69, 9.17) is 9.47 Å². The normalized spacial score (nSPS) is 28.7. The molecule has 0 radical (unpaired) electrons. The Balaban J connectivity index is 1.68. The maximum atomic E-state index is 14.5. The topological polar surface area (TPSA) is 96.4 Å². The summed E-state index contributed by atoms with van der Waals surface area (Å²) in [6.45, 7) is 10.4. The van der Waals surface area contributed by atoms with E-state index >= 15 is 0 Å². The molecule has 4 rings (SSSR count).